The number of benzene rings is 1. The molecule has 0 radical (unpaired) electrons. The first-order valence-electron chi connectivity index (χ1n) is 10.4. The number of para-hydroxylation sites is 2. The molecule has 4 rings (SSSR count). The maximum absolute atomic E-state index is 12.8. The molecule has 3 heterocycles. The number of nitrogens with one attached hydrogen (secondary N) is 1. The van der Waals surface area contributed by atoms with Crippen molar-refractivity contribution in [1.29, 1.82) is 0 Å². The third-order valence-electron chi connectivity index (χ3n) is 5.81. The van der Waals surface area contributed by atoms with Crippen LogP contribution in [0.3, 0.4) is 0 Å². The summed E-state index contributed by atoms with van der Waals surface area (Å²) < 4.78 is 4.20. The summed E-state index contributed by atoms with van der Waals surface area (Å²) in [5, 5.41) is 11.3. The Morgan fingerprint density at radius 3 is 2.76 bits per heavy atom. The van der Waals surface area contributed by atoms with Crippen molar-refractivity contribution in [3.63, 3.8) is 0 Å². The maximum Gasteiger partial charge on any atom is 0.317 e. The van der Waals surface area contributed by atoms with Crippen LogP contribution in [0.1, 0.15) is 56.7 Å². The van der Waals surface area contributed by atoms with Crippen LogP contribution in [0.2, 0.25) is 0 Å². The number of piperidine rings is 1. The Morgan fingerprint density at radius 2 is 2.03 bits per heavy atom. The van der Waals surface area contributed by atoms with Crippen LogP contribution >= 0.6 is 0 Å². The lowest BCUT2D eigenvalue weighted by atomic mass is 9.96. The molecule has 2 aromatic heterocycles. The molecule has 1 aliphatic heterocycles. The standard InChI is InChI=1S/C21H29N7O/c1-4-11-28-14-22-25-19(28)15(2)23-21(29)27-12-9-16(10-13-27)20-24-17-7-5-6-8-18(17)26(20)3/h5-8,14-16H,4,9-13H2,1-3H3,(H,23,29). The minimum absolute atomic E-state index is 0.0352. The zero-order valence-electron chi connectivity index (χ0n) is 17.4. The number of hydrogen-bond acceptors (Lipinski definition) is 4. The average Bonchev–Trinajstić information content (AvgIpc) is 3.33. The van der Waals surface area contributed by atoms with Crippen LogP contribution in [-0.2, 0) is 13.6 Å². The molecule has 154 valence electrons. The fraction of sp³-hybridized carbons (Fsp3) is 0.524. The van der Waals surface area contributed by atoms with Gasteiger partial charge in [0.05, 0.1) is 17.1 Å². The van der Waals surface area contributed by atoms with Gasteiger partial charge in [0.1, 0.15) is 12.2 Å². The lowest BCUT2D eigenvalue weighted by Gasteiger charge is -2.32. The van der Waals surface area contributed by atoms with Crippen molar-refractivity contribution < 1.29 is 4.79 Å². The van der Waals surface area contributed by atoms with Crippen LogP contribution in [-0.4, -0.2) is 48.3 Å². The van der Waals surface area contributed by atoms with Crippen LogP contribution in [0.4, 0.5) is 4.79 Å². The Hall–Kier alpha value is -2.90. The summed E-state index contributed by atoms with van der Waals surface area (Å²) in [5.74, 6) is 2.30. The highest BCUT2D eigenvalue weighted by molar-refractivity contribution is 5.76. The Balaban J connectivity index is 1.37. The third kappa shape index (κ3) is 3.83. The second-order valence-electron chi connectivity index (χ2n) is 7.83. The molecule has 1 unspecified atom stereocenters. The van der Waals surface area contributed by atoms with Crippen molar-refractivity contribution >= 4 is 17.1 Å². The molecule has 0 bridgehead atoms. The molecular weight excluding hydrogens is 366 g/mol. The lowest BCUT2D eigenvalue weighted by molar-refractivity contribution is 0.176. The SMILES string of the molecule is CCCn1cnnc1C(C)NC(=O)N1CCC(c2nc3ccccc3n2C)CC1. The number of carbonyl (C=O) groups is 1. The Bertz CT molecular complexity index is 984. The molecule has 1 N–H and O–H groups in total. The summed E-state index contributed by atoms with van der Waals surface area (Å²) >= 11 is 0. The zero-order chi connectivity index (χ0) is 20.4. The van der Waals surface area contributed by atoms with E-state index < -0.39 is 0 Å². The van der Waals surface area contributed by atoms with Gasteiger partial charge in [-0.2, -0.15) is 0 Å². The lowest BCUT2D eigenvalue weighted by Crippen LogP contribution is -2.45. The van der Waals surface area contributed by atoms with E-state index >= 15 is 0 Å². The monoisotopic (exact) mass is 395 g/mol. The molecule has 1 fully saturated rings. The van der Waals surface area contributed by atoms with Crippen molar-refractivity contribution in [3.8, 4) is 0 Å². The first-order chi connectivity index (χ1) is 14.1. The predicted molar refractivity (Wildman–Crippen MR) is 112 cm³/mol. The molecule has 1 atom stereocenters. The highest BCUT2D eigenvalue weighted by atomic mass is 16.2. The minimum atomic E-state index is -0.172. The number of fused-ring (bicyclic) bond motifs is 1. The van der Waals surface area contributed by atoms with Gasteiger partial charge in [-0.3, -0.25) is 0 Å². The van der Waals surface area contributed by atoms with Gasteiger partial charge in [-0.25, -0.2) is 9.78 Å². The van der Waals surface area contributed by atoms with Crippen molar-refractivity contribution in [2.24, 2.45) is 7.05 Å². The third-order valence-corrected chi connectivity index (χ3v) is 5.81. The second kappa shape index (κ2) is 8.23. The van der Waals surface area contributed by atoms with Gasteiger partial charge in [-0.15, -0.1) is 10.2 Å². The summed E-state index contributed by atoms with van der Waals surface area (Å²) in [6.07, 6.45) is 4.57. The fourth-order valence-electron chi connectivity index (χ4n) is 4.22. The van der Waals surface area contributed by atoms with Crippen molar-refractivity contribution in [1.82, 2.24) is 34.5 Å². The van der Waals surface area contributed by atoms with Gasteiger partial charge in [-0.05, 0) is 38.3 Å². The number of amides is 2. The summed E-state index contributed by atoms with van der Waals surface area (Å²) in [6.45, 7) is 6.39. The smallest absolute Gasteiger partial charge is 0.317 e. The summed E-state index contributed by atoms with van der Waals surface area (Å²) in [5.41, 5.74) is 2.20. The first-order valence-corrected chi connectivity index (χ1v) is 10.4. The largest absolute Gasteiger partial charge is 0.331 e. The molecule has 0 aliphatic carbocycles. The van der Waals surface area contributed by atoms with E-state index in [2.05, 4.69) is 46.2 Å². The van der Waals surface area contributed by atoms with Crippen LogP contribution in [0.15, 0.2) is 30.6 Å². The molecule has 0 spiro atoms. The highest BCUT2D eigenvalue weighted by Crippen LogP contribution is 2.29. The van der Waals surface area contributed by atoms with Gasteiger partial charge >= 0.3 is 6.03 Å². The van der Waals surface area contributed by atoms with E-state index in [-0.39, 0.29) is 12.1 Å². The second-order valence-corrected chi connectivity index (χ2v) is 7.83. The molecule has 1 aliphatic rings. The van der Waals surface area contributed by atoms with Crippen molar-refractivity contribution in [2.75, 3.05) is 13.1 Å². The van der Waals surface area contributed by atoms with E-state index in [0.717, 1.165) is 61.6 Å². The topological polar surface area (TPSA) is 80.9 Å². The van der Waals surface area contributed by atoms with Gasteiger partial charge in [0.25, 0.3) is 0 Å². The predicted octanol–water partition coefficient (Wildman–Crippen LogP) is 3.23. The van der Waals surface area contributed by atoms with Gasteiger partial charge in [-0.1, -0.05) is 19.1 Å². The number of aromatic nitrogens is 5. The van der Waals surface area contributed by atoms with Crippen LogP contribution < -0.4 is 5.32 Å². The molecule has 2 amide bonds. The summed E-state index contributed by atoms with van der Waals surface area (Å²) in [7, 11) is 2.08. The van der Waals surface area contributed by atoms with Crippen LogP contribution in [0.25, 0.3) is 11.0 Å². The Labute approximate surface area is 170 Å². The van der Waals surface area contributed by atoms with E-state index in [4.69, 9.17) is 4.98 Å². The molecular formula is C21H29N7O. The maximum atomic E-state index is 12.8. The average molecular weight is 396 g/mol. The molecule has 8 nitrogen and oxygen atoms in total. The van der Waals surface area contributed by atoms with Crippen LogP contribution in [0, 0.1) is 0 Å². The summed E-state index contributed by atoms with van der Waals surface area (Å²) in [4.78, 5) is 19.5. The van der Waals surface area contributed by atoms with Gasteiger partial charge < -0.3 is 19.4 Å². The minimum Gasteiger partial charge on any atom is -0.331 e. The number of likely N-dealkylation sites (tertiary alicyclic amines) is 1. The van der Waals surface area contributed by atoms with E-state index in [1.165, 1.54) is 0 Å². The summed E-state index contributed by atoms with van der Waals surface area (Å²) in [6, 6.07) is 8.02. The van der Waals surface area contributed by atoms with E-state index in [1.807, 2.05) is 28.5 Å². The Kier molecular flexibility index (Phi) is 5.51. The zero-order valence-corrected chi connectivity index (χ0v) is 17.4. The molecule has 3 aromatic rings. The van der Waals surface area contributed by atoms with E-state index in [9.17, 15) is 4.79 Å². The first kappa shape index (κ1) is 19.4. The number of nitrogens with zero attached hydrogens (tertiary/aromatic N) is 6. The van der Waals surface area contributed by atoms with Gasteiger partial charge in [0, 0.05) is 32.6 Å². The van der Waals surface area contributed by atoms with Gasteiger partial charge in [0.15, 0.2) is 5.82 Å². The van der Waals surface area contributed by atoms with Gasteiger partial charge in [0.2, 0.25) is 0 Å². The number of aryl methyl sites for hydroxylation is 2. The number of hydrogen-bond donors (Lipinski definition) is 1. The molecule has 1 aromatic carbocycles. The fourth-order valence-corrected chi connectivity index (χ4v) is 4.22. The molecule has 0 saturated carbocycles. The van der Waals surface area contributed by atoms with Crippen molar-refractivity contribution in [3.05, 3.63) is 42.2 Å². The van der Waals surface area contributed by atoms with E-state index in [0.29, 0.717) is 5.92 Å². The quantitative estimate of drug-likeness (QED) is 0.719. The molecule has 8 heteroatoms. The molecule has 29 heavy (non-hydrogen) atoms. The number of rotatable bonds is 5. The normalized spacial score (nSPS) is 16.3. The van der Waals surface area contributed by atoms with Crippen LogP contribution in [0.5, 0.6) is 0 Å². The van der Waals surface area contributed by atoms with E-state index in [1.54, 1.807) is 6.33 Å². The van der Waals surface area contributed by atoms with Crippen molar-refractivity contribution in [2.45, 2.75) is 51.6 Å². The molecule has 1 saturated heterocycles. The number of imidazole rings is 1. The number of urea groups is 1. The Morgan fingerprint density at radius 1 is 1.28 bits per heavy atom. The highest BCUT2D eigenvalue weighted by Gasteiger charge is 2.28. The number of carbonyl (C=O) groups excluding carboxylic acids is 1.